The third-order valence-corrected chi connectivity index (χ3v) is 6.40. The van der Waals surface area contributed by atoms with E-state index < -0.39 is 0 Å². The number of nitrogens with zero attached hydrogens (tertiary/aromatic N) is 4. The van der Waals surface area contributed by atoms with E-state index in [1.807, 2.05) is 49.6 Å². The van der Waals surface area contributed by atoms with E-state index in [2.05, 4.69) is 20.6 Å². The molecule has 31 heavy (non-hydrogen) atoms. The van der Waals surface area contributed by atoms with Crippen LogP contribution in [0.1, 0.15) is 27.9 Å². The summed E-state index contributed by atoms with van der Waals surface area (Å²) in [5.74, 6) is 0.375. The number of thiophene rings is 1. The van der Waals surface area contributed by atoms with Gasteiger partial charge in [0.1, 0.15) is 10.8 Å². The molecule has 6 nitrogen and oxygen atoms in total. The molecule has 0 saturated heterocycles. The third-order valence-electron chi connectivity index (χ3n) is 4.54. The highest BCUT2D eigenvalue weighted by Gasteiger charge is 2.18. The number of halogens is 1. The third kappa shape index (κ3) is 5.18. The Morgan fingerprint density at radius 2 is 1.97 bits per heavy atom. The molecule has 4 rings (SSSR count). The molecule has 0 saturated carbocycles. The molecule has 3 heterocycles. The lowest BCUT2D eigenvalue weighted by Crippen LogP contribution is -2.30. The van der Waals surface area contributed by atoms with Crippen molar-refractivity contribution >= 4 is 29.0 Å². The number of amides is 1. The van der Waals surface area contributed by atoms with E-state index in [1.165, 1.54) is 23.9 Å². The van der Waals surface area contributed by atoms with Gasteiger partial charge in [-0.3, -0.25) is 4.79 Å². The number of carbonyl (C=O) groups is 1. The van der Waals surface area contributed by atoms with Crippen molar-refractivity contribution in [3.63, 3.8) is 0 Å². The second kappa shape index (κ2) is 9.40. The molecule has 9 heteroatoms. The molecule has 0 radical (unpaired) electrons. The van der Waals surface area contributed by atoms with E-state index in [-0.39, 0.29) is 23.5 Å². The molecule has 1 aromatic carbocycles. The molecule has 158 valence electrons. The molecule has 3 aromatic heterocycles. The van der Waals surface area contributed by atoms with E-state index >= 15 is 0 Å². The number of aryl methyl sites for hydroxylation is 2. The minimum atomic E-state index is -0.326. The molecule has 1 atom stereocenters. The molecule has 0 aliphatic heterocycles. The zero-order valence-corrected chi connectivity index (χ0v) is 18.6. The number of nitrogens with one attached hydrogen (secondary N) is 1. The number of thioether (sulfide) groups is 1. The first-order valence-electron chi connectivity index (χ1n) is 9.58. The van der Waals surface area contributed by atoms with Crippen molar-refractivity contribution in [2.24, 2.45) is 0 Å². The van der Waals surface area contributed by atoms with Gasteiger partial charge in [-0.1, -0.05) is 30.0 Å². The average Bonchev–Trinajstić information content (AvgIpc) is 3.41. The van der Waals surface area contributed by atoms with Gasteiger partial charge in [-0.15, -0.1) is 21.5 Å². The van der Waals surface area contributed by atoms with Crippen molar-refractivity contribution in [1.82, 2.24) is 25.3 Å². The fraction of sp³-hybridized carbons (Fsp3) is 0.182. The van der Waals surface area contributed by atoms with Crippen LogP contribution in [-0.2, 0) is 4.79 Å². The van der Waals surface area contributed by atoms with Crippen LogP contribution >= 0.6 is 23.1 Å². The molecule has 1 N–H and O–H groups in total. The maximum Gasteiger partial charge on any atom is 0.231 e. The summed E-state index contributed by atoms with van der Waals surface area (Å²) in [7, 11) is 0. The van der Waals surface area contributed by atoms with E-state index in [1.54, 1.807) is 28.2 Å². The van der Waals surface area contributed by atoms with Crippen molar-refractivity contribution in [3.05, 3.63) is 87.6 Å². The van der Waals surface area contributed by atoms with Crippen LogP contribution < -0.4 is 5.32 Å². The number of hydrogen-bond acceptors (Lipinski definition) is 6. The lowest BCUT2D eigenvalue weighted by Gasteiger charge is -2.18. The van der Waals surface area contributed by atoms with E-state index in [0.717, 1.165) is 21.8 Å². The summed E-state index contributed by atoms with van der Waals surface area (Å²) in [4.78, 5) is 13.6. The van der Waals surface area contributed by atoms with Gasteiger partial charge in [0.05, 0.1) is 17.5 Å². The lowest BCUT2D eigenvalue weighted by molar-refractivity contribution is -0.119. The highest BCUT2D eigenvalue weighted by molar-refractivity contribution is 7.99. The van der Waals surface area contributed by atoms with Crippen LogP contribution in [0.5, 0.6) is 0 Å². The average molecular weight is 454 g/mol. The van der Waals surface area contributed by atoms with Crippen LogP contribution in [0, 0.1) is 19.7 Å². The first-order chi connectivity index (χ1) is 15.0. The smallest absolute Gasteiger partial charge is 0.231 e. The van der Waals surface area contributed by atoms with Crippen molar-refractivity contribution in [3.8, 4) is 5.82 Å². The Morgan fingerprint density at radius 1 is 1.16 bits per heavy atom. The Morgan fingerprint density at radius 3 is 2.58 bits per heavy atom. The van der Waals surface area contributed by atoms with E-state index in [9.17, 15) is 9.18 Å². The van der Waals surface area contributed by atoms with Crippen LogP contribution in [0.3, 0.4) is 0 Å². The van der Waals surface area contributed by atoms with Gasteiger partial charge in [-0.2, -0.15) is 5.10 Å². The van der Waals surface area contributed by atoms with Gasteiger partial charge in [0.25, 0.3) is 0 Å². The molecule has 0 unspecified atom stereocenters. The van der Waals surface area contributed by atoms with Crippen molar-refractivity contribution in [2.45, 2.75) is 24.9 Å². The zero-order valence-electron chi connectivity index (χ0n) is 16.9. The second-order valence-electron chi connectivity index (χ2n) is 6.92. The molecule has 0 spiro atoms. The normalized spacial score (nSPS) is 12.0. The Balaban J connectivity index is 1.40. The van der Waals surface area contributed by atoms with Crippen LogP contribution in [0.4, 0.5) is 4.39 Å². The van der Waals surface area contributed by atoms with Gasteiger partial charge in [-0.25, -0.2) is 9.07 Å². The minimum absolute atomic E-state index is 0.142. The molecule has 4 aromatic rings. The van der Waals surface area contributed by atoms with Gasteiger partial charge in [0, 0.05) is 10.6 Å². The number of carbonyl (C=O) groups excluding carboxylic acids is 1. The molecule has 0 aliphatic carbocycles. The van der Waals surface area contributed by atoms with Gasteiger partial charge >= 0.3 is 0 Å². The Labute approximate surface area is 187 Å². The summed E-state index contributed by atoms with van der Waals surface area (Å²) in [6.07, 6.45) is 0. The predicted molar refractivity (Wildman–Crippen MR) is 120 cm³/mol. The minimum Gasteiger partial charge on any atom is -0.344 e. The van der Waals surface area contributed by atoms with Gasteiger partial charge in [0.2, 0.25) is 5.91 Å². The highest BCUT2D eigenvalue weighted by atomic mass is 32.2. The largest absolute Gasteiger partial charge is 0.344 e. The maximum atomic E-state index is 13.3. The van der Waals surface area contributed by atoms with Gasteiger partial charge in [0.15, 0.2) is 5.82 Å². The molecule has 0 bridgehead atoms. The van der Waals surface area contributed by atoms with Crippen LogP contribution in [0.25, 0.3) is 5.82 Å². The van der Waals surface area contributed by atoms with Gasteiger partial charge in [-0.05, 0) is 61.2 Å². The molecule has 0 aliphatic rings. The van der Waals surface area contributed by atoms with Crippen molar-refractivity contribution < 1.29 is 9.18 Å². The van der Waals surface area contributed by atoms with Gasteiger partial charge < -0.3 is 5.32 Å². The number of hydrogen-bond donors (Lipinski definition) is 1. The Bertz CT molecular complexity index is 1160. The summed E-state index contributed by atoms with van der Waals surface area (Å²) >= 11 is 2.85. The van der Waals surface area contributed by atoms with Crippen LogP contribution in [-0.4, -0.2) is 31.6 Å². The zero-order chi connectivity index (χ0) is 21.8. The lowest BCUT2D eigenvalue weighted by atomic mass is 10.1. The highest BCUT2D eigenvalue weighted by Crippen LogP contribution is 2.26. The second-order valence-corrected chi connectivity index (χ2v) is 8.90. The molecule has 0 fully saturated rings. The van der Waals surface area contributed by atoms with E-state index in [0.29, 0.717) is 10.8 Å². The molecular weight excluding hydrogens is 433 g/mol. The Hall–Kier alpha value is -3.04. The summed E-state index contributed by atoms with van der Waals surface area (Å²) in [6.45, 7) is 3.88. The standard InChI is InChI=1S/C22H20FN5OS2/c1-14-12-15(2)28(27-14)19-9-10-21(26-25-19)31-13-20(29)24-22(18-4-3-11-30-18)16-5-7-17(23)8-6-16/h3-12,22H,13H2,1-2H3,(H,24,29)/t22-/m1/s1. The van der Waals surface area contributed by atoms with Crippen LogP contribution in [0.2, 0.25) is 0 Å². The SMILES string of the molecule is Cc1cc(C)n(-c2ccc(SCC(=O)N[C@H](c3ccc(F)cc3)c3cccs3)nn2)n1. The first-order valence-corrected chi connectivity index (χ1v) is 11.4. The summed E-state index contributed by atoms with van der Waals surface area (Å²) < 4.78 is 15.1. The fourth-order valence-corrected chi connectivity index (χ4v) is 4.56. The maximum absolute atomic E-state index is 13.3. The first kappa shape index (κ1) is 21.2. The number of rotatable bonds is 7. The van der Waals surface area contributed by atoms with E-state index in [4.69, 9.17) is 0 Å². The summed E-state index contributed by atoms with van der Waals surface area (Å²) in [6, 6.07) is 15.4. The molecule has 1 amide bonds. The predicted octanol–water partition coefficient (Wildman–Crippen LogP) is 4.48. The van der Waals surface area contributed by atoms with Crippen molar-refractivity contribution in [1.29, 1.82) is 0 Å². The Kier molecular flexibility index (Phi) is 6.43. The number of aromatic nitrogens is 4. The topological polar surface area (TPSA) is 72.7 Å². The summed E-state index contributed by atoms with van der Waals surface area (Å²) in [5, 5.41) is 18.5. The quantitative estimate of drug-likeness (QED) is 0.418. The van der Waals surface area contributed by atoms with Crippen LogP contribution in [0.15, 0.2) is 65.0 Å². The molecular formula is C22H20FN5OS2. The summed E-state index contributed by atoms with van der Waals surface area (Å²) in [5.41, 5.74) is 2.72. The monoisotopic (exact) mass is 453 g/mol. The number of benzene rings is 1. The fourth-order valence-electron chi connectivity index (χ4n) is 3.14. The van der Waals surface area contributed by atoms with Crippen molar-refractivity contribution in [2.75, 3.05) is 5.75 Å².